The number of likely N-dealkylation sites (N-methyl/N-ethyl adjacent to an activating group) is 2. The highest BCUT2D eigenvalue weighted by atomic mass is 35.5. The fourth-order valence-electron chi connectivity index (χ4n) is 5.81. The van der Waals surface area contributed by atoms with E-state index in [0.717, 1.165) is 38.4 Å². The zero-order valence-corrected chi connectivity index (χ0v) is 26.4. The van der Waals surface area contributed by atoms with Crippen LogP contribution in [0.15, 0.2) is 91.1 Å². The first kappa shape index (κ1) is 31.5. The number of nitrogens with zero attached hydrogens (tertiary/aromatic N) is 3. The second kappa shape index (κ2) is 14.3. The molecule has 0 aliphatic carbocycles. The first-order valence-electron chi connectivity index (χ1n) is 14.7. The lowest BCUT2D eigenvalue weighted by atomic mass is 10.00. The molecule has 1 heterocycles. The van der Waals surface area contributed by atoms with Gasteiger partial charge >= 0.3 is 5.97 Å². The van der Waals surface area contributed by atoms with Crippen molar-refractivity contribution in [2.75, 3.05) is 26.7 Å². The Balaban J connectivity index is 1.46. The molecule has 1 amide bonds. The molecule has 0 radical (unpaired) electrons. The van der Waals surface area contributed by atoms with E-state index in [9.17, 15) is 14.7 Å². The topological polar surface area (TPSA) is 79.9 Å². The Labute approximate surface area is 267 Å². The van der Waals surface area contributed by atoms with E-state index >= 15 is 0 Å². The number of carbonyl (C=O) groups excluding carboxylic acids is 1. The minimum atomic E-state index is -0.955. The van der Waals surface area contributed by atoms with Crippen LogP contribution in [0.25, 0.3) is 21.7 Å². The van der Waals surface area contributed by atoms with Crippen molar-refractivity contribution in [1.82, 2.24) is 19.9 Å². The molecule has 0 aliphatic heterocycles. The Morgan fingerprint density at radius 3 is 2.36 bits per heavy atom. The molecule has 5 rings (SSSR count). The van der Waals surface area contributed by atoms with Gasteiger partial charge in [-0.3, -0.25) is 9.59 Å². The molecular weight excluding hydrogens is 595 g/mol. The molecular formula is C35H36Cl2N4O3. The number of carboxylic acids is 1. The Morgan fingerprint density at radius 2 is 1.61 bits per heavy atom. The molecule has 2 N–H and O–H groups in total. The maximum atomic E-state index is 14.3. The number of aromatic nitrogens is 1. The molecule has 0 bridgehead atoms. The van der Waals surface area contributed by atoms with Crippen LogP contribution in [0.5, 0.6) is 0 Å². The molecule has 0 saturated carbocycles. The predicted molar refractivity (Wildman–Crippen MR) is 178 cm³/mol. The van der Waals surface area contributed by atoms with Crippen LogP contribution in [0.2, 0.25) is 10.0 Å². The number of hydrogen-bond donors (Lipinski definition) is 2. The number of nitrogens with one attached hydrogen (secondary N) is 1. The van der Waals surface area contributed by atoms with E-state index in [1.807, 2.05) is 60.6 Å². The fraction of sp³-hybridized carbons (Fsp3) is 0.257. The van der Waals surface area contributed by atoms with E-state index in [1.165, 1.54) is 0 Å². The summed E-state index contributed by atoms with van der Waals surface area (Å²) in [7, 11) is 1.76. The third kappa shape index (κ3) is 7.42. The van der Waals surface area contributed by atoms with Crippen LogP contribution in [-0.2, 0) is 29.0 Å². The Bertz CT molecular complexity index is 1770. The molecule has 0 aliphatic rings. The Kier molecular flexibility index (Phi) is 10.2. The van der Waals surface area contributed by atoms with Gasteiger partial charge in [0, 0.05) is 43.8 Å². The van der Waals surface area contributed by atoms with Crippen molar-refractivity contribution >= 4 is 56.8 Å². The van der Waals surface area contributed by atoms with Crippen LogP contribution in [-0.4, -0.2) is 69.6 Å². The largest absolute Gasteiger partial charge is 0.480 e. The molecule has 5 aromatic rings. The quantitative estimate of drug-likeness (QED) is 0.136. The lowest BCUT2D eigenvalue weighted by molar-refractivity contribution is -0.155. The van der Waals surface area contributed by atoms with Crippen LogP contribution in [0.4, 0.5) is 0 Å². The first-order chi connectivity index (χ1) is 21.2. The van der Waals surface area contributed by atoms with Crippen LogP contribution in [0, 0.1) is 0 Å². The highest BCUT2D eigenvalue weighted by Crippen LogP contribution is 2.25. The minimum absolute atomic E-state index is 0.117. The summed E-state index contributed by atoms with van der Waals surface area (Å²) in [5, 5.41) is 17.9. The number of carboxylic acid groups (broad SMARTS) is 1. The van der Waals surface area contributed by atoms with Crippen LogP contribution < -0.4 is 0 Å². The summed E-state index contributed by atoms with van der Waals surface area (Å²) in [5.74, 6) is -1.07. The van der Waals surface area contributed by atoms with Crippen molar-refractivity contribution in [3.8, 4) is 0 Å². The van der Waals surface area contributed by atoms with Gasteiger partial charge in [-0.1, -0.05) is 96.9 Å². The van der Waals surface area contributed by atoms with Crippen LogP contribution in [0.3, 0.4) is 0 Å². The molecule has 0 unspecified atom stereocenters. The summed E-state index contributed by atoms with van der Waals surface area (Å²) in [6, 6.07) is 27.1. The number of hydrazine groups is 1. The maximum absolute atomic E-state index is 14.3. The molecule has 7 nitrogen and oxygen atoms in total. The fourth-order valence-corrected chi connectivity index (χ4v) is 6.13. The third-order valence-corrected chi connectivity index (χ3v) is 8.73. The van der Waals surface area contributed by atoms with Gasteiger partial charge in [0.2, 0.25) is 5.91 Å². The molecule has 228 valence electrons. The summed E-state index contributed by atoms with van der Waals surface area (Å²) in [4.78, 5) is 31.4. The molecule has 1 atom stereocenters. The molecule has 0 saturated heterocycles. The zero-order valence-electron chi connectivity index (χ0n) is 24.8. The van der Waals surface area contributed by atoms with Gasteiger partial charge in [-0.2, -0.15) is 0 Å². The van der Waals surface area contributed by atoms with Gasteiger partial charge < -0.3 is 15.0 Å². The second-order valence-corrected chi connectivity index (χ2v) is 11.8. The third-order valence-electron chi connectivity index (χ3n) is 7.99. The van der Waals surface area contributed by atoms with Gasteiger partial charge in [-0.15, -0.1) is 0 Å². The number of benzene rings is 4. The number of hydrogen-bond acceptors (Lipinski definition) is 4. The van der Waals surface area contributed by atoms with E-state index < -0.39 is 12.0 Å². The number of halogens is 2. The van der Waals surface area contributed by atoms with E-state index in [0.29, 0.717) is 42.5 Å². The van der Waals surface area contributed by atoms with E-state index in [1.54, 1.807) is 29.1 Å². The van der Waals surface area contributed by atoms with Crippen molar-refractivity contribution in [1.29, 1.82) is 0 Å². The van der Waals surface area contributed by atoms with Gasteiger partial charge in [0.05, 0.1) is 10.0 Å². The smallest absolute Gasteiger partial charge is 0.319 e. The average Bonchev–Trinajstić information content (AvgIpc) is 3.43. The van der Waals surface area contributed by atoms with Gasteiger partial charge in [0.15, 0.2) is 0 Å². The van der Waals surface area contributed by atoms with Crippen molar-refractivity contribution in [3.05, 3.63) is 118 Å². The number of H-pyrrole nitrogens is 1. The maximum Gasteiger partial charge on any atom is 0.319 e. The Hall–Kier alpha value is -3.88. The molecule has 9 heteroatoms. The minimum Gasteiger partial charge on any atom is -0.480 e. The molecule has 44 heavy (non-hydrogen) atoms. The molecule has 1 aromatic heterocycles. The zero-order chi connectivity index (χ0) is 31.2. The molecule has 0 spiro atoms. The number of carbonyl (C=O) groups is 2. The number of aliphatic carboxylic acids is 1. The Morgan fingerprint density at radius 1 is 0.886 bits per heavy atom. The van der Waals surface area contributed by atoms with Crippen molar-refractivity contribution in [2.45, 2.75) is 32.4 Å². The number of amides is 1. The monoisotopic (exact) mass is 630 g/mol. The number of rotatable bonds is 13. The van der Waals surface area contributed by atoms with Gasteiger partial charge in [0.25, 0.3) is 0 Å². The standard InChI is InChI=1S/C35H36Cl2N4O3/c1-3-41(40(23-34(42)43)17-16-28-21-38-32-11-7-6-10-29(28)32)33(20-24-12-14-26-8-4-5-9-27(26)18-24)35(44)39(2)22-25-13-15-30(36)31(37)19-25/h4-15,18-19,21,33,38H,3,16-17,20,22-23H2,1-2H3,(H,42,43)/t33-/m0/s1. The van der Waals surface area contributed by atoms with Gasteiger partial charge in [-0.25, -0.2) is 10.0 Å². The van der Waals surface area contributed by atoms with Crippen LogP contribution in [0.1, 0.15) is 23.6 Å². The highest BCUT2D eigenvalue weighted by Gasteiger charge is 2.33. The first-order valence-corrected chi connectivity index (χ1v) is 15.4. The summed E-state index contributed by atoms with van der Waals surface area (Å²) in [5.41, 5.74) is 3.98. The summed E-state index contributed by atoms with van der Waals surface area (Å²) in [6.45, 7) is 2.94. The highest BCUT2D eigenvalue weighted by molar-refractivity contribution is 6.42. The summed E-state index contributed by atoms with van der Waals surface area (Å²) < 4.78 is 0. The molecule has 4 aromatic carbocycles. The van der Waals surface area contributed by atoms with Crippen molar-refractivity contribution in [3.63, 3.8) is 0 Å². The lowest BCUT2D eigenvalue weighted by Gasteiger charge is -2.40. The average molecular weight is 632 g/mol. The van der Waals surface area contributed by atoms with Gasteiger partial charge in [-0.05, 0) is 58.5 Å². The van der Waals surface area contributed by atoms with Gasteiger partial charge in [0.1, 0.15) is 12.6 Å². The second-order valence-electron chi connectivity index (χ2n) is 11.0. The number of aromatic amines is 1. The van der Waals surface area contributed by atoms with E-state index in [-0.39, 0.29) is 12.5 Å². The SMILES string of the molecule is CCN([C@@H](Cc1ccc2ccccc2c1)C(=O)N(C)Cc1ccc(Cl)c(Cl)c1)N(CCc1c[nH]c2ccccc12)CC(=O)O. The lowest BCUT2D eigenvalue weighted by Crippen LogP contribution is -2.57. The van der Waals surface area contributed by atoms with Crippen molar-refractivity contribution < 1.29 is 14.7 Å². The normalized spacial score (nSPS) is 12.3. The van der Waals surface area contributed by atoms with Crippen LogP contribution >= 0.6 is 23.2 Å². The van der Waals surface area contributed by atoms with E-state index in [4.69, 9.17) is 23.2 Å². The number of para-hydroxylation sites is 1. The molecule has 0 fully saturated rings. The predicted octanol–water partition coefficient (Wildman–Crippen LogP) is 7.06. The number of fused-ring (bicyclic) bond motifs is 2. The van der Waals surface area contributed by atoms with Crippen molar-refractivity contribution in [2.24, 2.45) is 0 Å². The summed E-state index contributed by atoms with van der Waals surface area (Å²) in [6.07, 6.45) is 3.00. The summed E-state index contributed by atoms with van der Waals surface area (Å²) >= 11 is 12.4. The van der Waals surface area contributed by atoms with E-state index in [2.05, 4.69) is 35.3 Å².